The van der Waals surface area contributed by atoms with E-state index in [1.165, 1.54) is 24.1 Å². The quantitative estimate of drug-likeness (QED) is 0.908. The number of fused-ring (bicyclic) bond motifs is 1. The summed E-state index contributed by atoms with van der Waals surface area (Å²) in [5.74, 6) is 1.52. The first kappa shape index (κ1) is 10.7. The Morgan fingerprint density at radius 1 is 1.21 bits per heavy atom. The minimum Gasteiger partial charge on any atom is -0.366 e. The number of anilines is 3. The van der Waals surface area contributed by atoms with E-state index in [1.54, 1.807) is 6.20 Å². The molecule has 1 fully saturated rings. The third-order valence-corrected chi connectivity index (χ3v) is 3.61. The van der Waals surface area contributed by atoms with Gasteiger partial charge in [0.15, 0.2) is 5.82 Å². The number of rotatable bonds is 3. The van der Waals surface area contributed by atoms with Crippen molar-refractivity contribution >= 4 is 17.5 Å². The summed E-state index contributed by atoms with van der Waals surface area (Å²) in [6, 6.07) is 8.99. The van der Waals surface area contributed by atoms with Crippen LogP contribution in [0.3, 0.4) is 0 Å². The summed E-state index contributed by atoms with van der Waals surface area (Å²) in [4.78, 5) is 6.71. The molecule has 0 radical (unpaired) electrons. The van der Waals surface area contributed by atoms with Gasteiger partial charge in [0.25, 0.3) is 5.95 Å². The molecule has 2 aliphatic rings. The normalized spacial score (nSPS) is 17.4. The Balaban J connectivity index is 1.65. The highest BCUT2D eigenvalue weighted by atomic mass is 15.3. The number of nitrogens with zero attached hydrogens (tertiary/aromatic N) is 4. The van der Waals surface area contributed by atoms with Crippen LogP contribution in [0.5, 0.6) is 0 Å². The average molecular weight is 253 g/mol. The zero-order valence-corrected chi connectivity index (χ0v) is 10.6. The van der Waals surface area contributed by atoms with E-state index in [2.05, 4.69) is 49.7 Å². The maximum absolute atomic E-state index is 4.57. The highest BCUT2D eigenvalue weighted by molar-refractivity contribution is 5.65. The van der Waals surface area contributed by atoms with E-state index in [9.17, 15) is 0 Å². The Labute approximate surface area is 111 Å². The fourth-order valence-corrected chi connectivity index (χ4v) is 2.46. The topological polar surface area (TPSA) is 53.9 Å². The molecule has 0 saturated heterocycles. The third-order valence-electron chi connectivity index (χ3n) is 3.61. The predicted molar refractivity (Wildman–Crippen MR) is 73.6 cm³/mol. The van der Waals surface area contributed by atoms with Crippen molar-refractivity contribution < 1.29 is 0 Å². The molecule has 1 aromatic heterocycles. The molecule has 5 heteroatoms. The van der Waals surface area contributed by atoms with Gasteiger partial charge >= 0.3 is 0 Å². The SMILES string of the molecule is c1ccc2c(c1)CCN2c1nncc(NC2CC2)n1. The van der Waals surface area contributed by atoms with E-state index in [-0.39, 0.29) is 0 Å². The molecule has 1 saturated carbocycles. The van der Waals surface area contributed by atoms with Gasteiger partial charge in [0, 0.05) is 18.3 Å². The van der Waals surface area contributed by atoms with Crippen LogP contribution in [0.1, 0.15) is 18.4 Å². The van der Waals surface area contributed by atoms with Crippen molar-refractivity contribution in [1.82, 2.24) is 15.2 Å². The van der Waals surface area contributed by atoms with Gasteiger partial charge in [-0.25, -0.2) is 0 Å². The van der Waals surface area contributed by atoms with Crippen LogP contribution in [0.15, 0.2) is 30.5 Å². The van der Waals surface area contributed by atoms with Gasteiger partial charge in [-0.1, -0.05) is 18.2 Å². The molecule has 1 aromatic carbocycles. The second kappa shape index (κ2) is 4.19. The molecular weight excluding hydrogens is 238 g/mol. The Hall–Kier alpha value is -2.17. The molecule has 19 heavy (non-hydrogen) atoms. The van der Waals surface area contributed by atoms with Crippen molar-refractivity contribution in [2.45, 2.75) is 25.3 Å². The van der Waals surface area contributed by atoms with E-state index in [4.69, 9.17) is 0 Å². The zero-order chi connectivity index (χ0) is 12.7. The number of benzene rings is 1. The number of aromatic nitrogens is 3. The molecule has 1 aliphatic carbocycles. The lowest BCUT2D eigenvalue weighted by Crippen LogP contribution is -2.18. The summed E-state index contributed by atoms with van der Waals surface area (Å²) in [7, 11) is 0. The first-order valence-electron chi connectivity index (χ1n) is 6.72. The van der Waals surface area contributed by atoms with Crippen LogP contribution in [-0.4, -0.2) is 27.8 Å². The maximum atomic E-state index is 4.57. The number of hydrogen-bond donors (Lipinski definition) is 1. The second-order valence-corrected chi connectivity index (χ2v) is 5.09. The zero-order valence-electron chi connectivity index (χ0n) is 10.6. The molecule has 4 rings (SSSR count). The van der Waals surface area contributed by atoms with E-state index in [0.717, 1.165) is 18.8 Å². The summed E-state index contributed by atoms with van der Waals surface area (Å²) < 4.78 is 0. The molecule has 0 unspecified atom stereocenters. The summed E-state index contributed by atoms with van der Waals surface area (Å²) >= 11 is 0. The Kier molecular flexibility index (Phi) is 2.36. The van der Waals surface area contributed by atoms with Gasteiger partial charge in [-0.15, -0.1) is 5.10 Å². The van der Waals surface area contributed by atoms with Gasteiger partial charge < -0.3 is 10.2 Å². The first-order chi connectivity index (χ1) is 9.40. The van der Waals surface area contributed by atoms with E-state index >= 15 is 0 Å². The highest BCUT2D eigenvalue weighted by Gasteiger charge is 2.24. The van der Waals surface area contributed by atoms with E-state index in [1.807, 2.05) is 0 Å². The van der Waals surface area contributed by atoms with Crippen LogP contribution in [0.2, 0.25) is 0 Å². The highest BCUT2D eigenvalue weighted by Crippen LogP contribution is 2.32. The third kappa shape index (κ3) is 2.01. The largest absolute Gasteiger partial charge is 0.366 e. The Morgan fingerprint density at radius 3 is 3.00 bits per heavy atom. The molecule has 0 spiro atoms. The maximum Gasteiger partial charge on any atom is 0.251 e. The van der Waals surface area contributed by atoms with Crippen LogP contribution in [-0.2, 0) is 6.42 Å². The molecule has 0 atom stereocenters. The van der Waals surface area contributed by atoms with E-state index < -0.39 is 0 Å². The standard InChI is InChI=1S/C14H15N5/c1-2-4-12-10(3-1)7-8-19(12)14-17-13(9-15-18-14)16-11-5-6-11/h1-4,9,11H,5-8H2,(H,16,17,18). The lowest BCUT2D eigenvalue weighted by molar-refractivity contribution is 0.881. The molecule has 2 aromatic rings. The van der Waals surface area contributed by atoms with Crippen molar-refractivity contribution in [2.24, 2.45) is 0 Å². The molecule has 5 nitrogen and oxygen atoms in total. The minimum absolute atomic E-state index is 0.579. The van der Waals surface area contributed by atoms with Gasteiger partial charge in [0.1, 0.15) is 0 Å². The number of hydrogen-bond acceptors (Lipinski definition) is 5. The van der Waals surface area contributed by atoms with Gasteiger partial charge in [-0.2, -0.15) is 10.1 Å². The van der Waals surface area contributed by atoms with Gasteiger partial charge in [0.05, 0.1) is 6.20 Å². The predicted octanol–water partition coefficient (Wildman–Crippen LogP) is 2.14. The molecule has 96 valence electrons. The van der Waals surface area contributed by atoms with E-state index in [0.29, 0.717) is 12.0 Å². The molecular formula is C14H15N5. The van der Waals surface area contributed by atoms with Crippen LogP contribution in [0.4, 0.5) is 17.5 Å². The van der Waals surface area contributed by atoms with Crippen molar-refractivity contribution in [1.29, 1.82) is 0 Å². The van der Waals surface area contributed by atoms with Gasteiger partial charge in [-0.3, -0.25) is 0 Å². The van der Waals surface area contributed by atoms with Crippen LogP contribution >= 0.6 is 0 Å². The van der Waals surface area contributed by atoms with Gasteiger partial charge in [0.2, 0.25) is 0 Å². The first-order valence-corrected chi connectivity index (χ1v) is 6.72. The minimum atomic E-state index is 0.579. The lowest BCUT2D eigenvalue weighted by Gasteiger charge is -2.16. The Bertz CT molecular complexity index is 608. The monoisotopic (exact) mass is 253 g/mol. The lowest BCUT2D eigenvalue weighted by atomic mass is 10.2. The molecule has 0 bridgehead atoms. The fourth-order valence-electron chi connectivity index (χ4n) is 2.46. The van der Waals surface area contributed by atoms with Crippen molar-refractivity contribution in [2.75, 3.05) is 16.8 Å². The van der Waals surface area contributed by atoms with Crippen molar-refractivity contribution in [3.05, 3.63) is 36.0 Å². The summed E-state index contributed by atoms with van der Waals surface area (Å²) in [6.45, 7) is 0.925. The van der Waals surface area contributed by atoms with Crippen LogP contribution < -0.4 is 10.2 Å². The molecule has 1 N–H and O–H groups in total. The van der Waals surface area contributed by atoms with Crippen molar-refractivity contribution in [3.8, 4) is 0 Å². The average Bonchev–Trinajstić information content (AvgIpc) is 3.16. The van der Waals surface area contributed by atoms with Crippen molar-refractivity contribution in [3.63, 3.8) is 0 Å². The van der Waals surface area contributed by atoms with Crippen LogP contribution in [0, 0.1) is 0 Å². The smallest absolute Gasteiger partial charge is 0.251 e. The molecule has 2 heterocycles. The fraction of sp³-hybridized carbons (Fsp3) is 0.357. The van der Waals surface area contributed by atoms with Gasteiger partial charge in [-0.05, 0) is 30.9 Å². The summed E-state index contributed by atoms with van der Waals surface area (Å²) in [6.07, 6.45) is 5.20. The summed E-state index contributed by atoms with van der Waals surface area (Å²) in [5, 5.41) is 11.6. The number of nitrogens with one attached hydrogen (secondary N) is 1. The summed E-state index contributed by atoms with van der Waals surface area (Å²) in [5.41, 5.74) is 2.56. The number of para-hydroxylation sites is 1. The molecule has 0 amide bonds. The second-order valence-electron chi connectivity index (χ2n) is 5.09. The van der Waals surface area contributed by atoms with Crippen LogP contribution in [0.25, 0.3) is 0 Å². The Morgan fingerprint density at radius 2 is 2.11 bits per heavy atom. The molecule has 1 aliphatic heterocycles.